The van der Waals surface area contributed by atoms with E-state index in [2.05, 4.69) is 15.0 Å². The molecule has 4 rings (SSSR count). The van der Waals surface area contributed by atoms with E-state index in [0.717, 1.165) is 30.0 Å². The van der Waals surface area contributed by atoms with E-state index >= 15 is 0 Å². The largest absolute Gasteiger partial charge is 0.338 e. The SMILES string of the molecule is CN(C(=O)C1CCCN(Cc2nc(-c3cccs3)no2)C1)c1ccccc1. The number of likely N-dealkylation sites (tertiary alicyclic amines) is 1. The fourth-order valence-corrected chi connectivity index (χ4v) is 4.12. The highest BCUT2D eigenvalue weighted by Gasteiger charge is 2.29. The van der Waals surface area contributed by atoms with Crippen LogP contribution in [0, 0.1) is 5.92 Å². The number of benzene rings is 1. The van der Waals surface area contributed by atoms with Crippen LogP contribution in [0.3, 0.4) is 0 Å². The van der Waals surface area contributed by atoms with Crippen LogP contribution in [-0.2, 0) is 11.3 Å². The third kappa shape index (κ3) is 4.09. The first-order valence-corrected chi connectivity index (χ1v) is 10.00. The van der Waals surface area contributed by atoms with E-state index in [1.54, 1.807) is 16.2 Å². The van der Waals surface area contributed by atoms with Gasteiger partial charge in [0.25, 0.3) is 0 Å². The molecule has 1 aliphatic heterocycles. The Morgan fingerprint density at radius 1 is 1.30 bits per heavy atom. The molecular weight excluding hydrogens is 360 g/mol. The molecule has 2 aromatic heterocycles. The van der Waals surface area contributed by atoms with Gasteiger partial charge < -0.3 is 9.42 Å². The van der Waals surface area contributed by atoms with Gasteiger partial charge in [-0.15, -0.1) is 11.3 Å². The smallest absolute Gasteiger partial charge is 0.241 e. The number of carbonyl (C=O) groups excluding carboxylic acids is 1. The van der Waals surface area contributed by atoms with Crippen LogP contribution in [0.5, 0.6) is 0 Å². The number of para-hydroxylation sites is 1. The number of hydrogen-bond donors (Lipinski definition) is 0. The van der Waals surface area contributed by atoms with Crippen LogP contribution < -0.4 is 4.90 Å². The standard InChI is InChI=1S/C20H22N4O2S/c1-23(16-8-3-2-4-9-16)20(25)15-7-5-11-24(13-15)14-18-21-19(22-26-18)17-10-6-12-27-17/h2-4,6,8-10,12,15H,5,7,11,13-14H2,1H3. The van der Waals surface area contributed by atoms with Gasteiger partial charge in [-0.1, -0.05) is 29.4 Å². The van der Waals surface area contributed by atoms with Gasteiger partial charge in [0.1, 0.15) is 0 Å². The van der Waals surface area contributed by atoms with E-state index in [-0.39, 0.29) is 11.8 Å². The molecule has 140 valence electrons. The molecule has 1 atom stereocenters. The first-order valence-electron chi connectivity index (χ1n) is 9.12. The molecule has 0 bridgehead atoms. The molecule has 0 spiro atoms. The average Bonchev–Trinajstić information content (AvgIpc) is 3.39. The number of nitrogens with zero attached hydrogens (tertiary/aromatic N) is 4. The summed E-state index contributed by atoms with van der Waals surface area (Å²) in [5.74, 6) is 1.38. The van der Waals surface area contributed by atoms with E-state index in [0.29, 0.717) is 24.8 Å². The first-order chi connectivity index (χ1) is 13.2. The normalized spacial score (nSPS) is 17.7. The summed E-state index contributed by atoms with van der Waals surface area (Å²) in [7, 11) is 1.85. The van der Waals surface area contributed by atoms with Crippen LogP contribution in [0.15, 0.2) is 52.4 Å². The lowest BCUT2D eigenvalue weighted by Crippen LogP contribution is -2.43. The predicted molar refractivity (Wildman–Crippen MR) is 105 cm³/mol. The quantitative estimate of drug-likeness (QED) is 0.674. The minimum absolute atomic E-state index is 0.0105. The topological polar surface area (TPSA) is 62.5 Å². The van der Waals surface area contributed by atoms with Crippen molar-refractivity contribution in [3.63, 3.8) is 0 Å². The summed E-state index contributed by atoms with van der Waals surface area (Å²) in [6.45, 7) is 2.24. The molecule has 0 saturated carbocycles. The Morgan fingerprint density at radius 2 is 2.15 bits per heavy atom. The predicted octanol–water partition coefficient (Wildman–Crippen LogP) is 3.67. The highest BCUT2D eigenvalue weighted by molar-refractivity contribution is 7.13. The molecule has 0 N–H and O–H groups in total. The number of hydrogen-bond acceptors (Lipinski definition) is 6. The summed E-state index contributed by atoms with van der Waals surface area (Å²) >= 11 is 1.59. The summed E-state index contributed by atoms with van der Waals surface area (Å²) in [4.78, 5) is 22.4. The Hall–Kier alpha value is -2.51. The van der Waals surface area contributed by atoms with Crippen molar-refractivity contribution >= 4 is 22.9 Å². The van der Waals surface area contributed by atoms with E-state index in [4.69, 9.17) is 4.52 Å². The van der Waals surface area contributed by atoms with Crippen LogP contribution in [0.2, 0.25) is 0 Å². The zero-order valence-corrected chi connectivity index (χ0v) is 16.1. The third-order valence-electron chi connectivity index (χ3n) is 4.90. The van der Waals surface area contributed by atoms with Crippen molar-refractivity contribution < 1.29 is 9.32 Å². The molecule has 3 heterocycles. The van der Waals surface area contributed by atoms with Crippen LogP contribution in [0.4, 0.5) is 5.69 Å². The maximum absolute atomic E-state index is 12.9. The third-order valence-corrected chi connectivity index (χ3v) is 5.76. The second-order valence-electron chi connectivity index (χ2n) is 6.80. The van der Waals surface area contributed by atoms with E-state index < -0.39 is 0 Å². The monoisotopic (exact) mass is 382 g/mol. The molecule has 1 fully saturated rings. The molecule has 1 aromatic carbocycles. The molecule has 7 heteroatoms. The number of rotatable bonds is 5. The van der Waals surface area contributed by atoms with Crippen molar-refractivity contribution in [3.05, 3.63) is 53.7 Å². The molecule has 1 unspecified atom stereocenters. The molecular formula is C20H22N4O2S. The van der Waals surface area contributed by atoms with Crippen molar-refractivity contribution in [2.24, 2.45) is 5.92 Å². The fraction of sp³-hybridized carbons (Fsp3) is 0.350. The zero-order chi connectivity index (χ0) is 18.6. The van der Waals surface area contributed by atoms with Crippen LogP contribution in [-0.4, -0.2) is 41.1 Å². The Kier molecular flexibility index (Phi) is 5.31. The lowest BCUT2D eigenvalue weighted by molar-refractivity contribution is -0.123. The number of thiophene rings is 1. The molecule has 1 amide bonds. The van der Waals surface area contributed by atoms with Crippen LogP contribution in [0.25, 0.3) is 10.7 Å². The minimum Gasteiger partial charge on any atom is -0.338 e. The summed E-state index contributed by atoms with van der Waals surface area (Å²) in [5, 5.41) is 6.06. The van der Waals surface area contributed by atoms with Crippen molar-refractivity contribution in [1.29, 1.82) is 0 Å². The van der Waals surface area contributed by atoms with Gasteiger partial charge in [-0.05, 0) is 43.0 Å². The summed E-state index contributed by atoms with van der Waals surface area (Å²) < 4.78 is 5.41. The number of aromatic nitrogens is 2. The van der Waals surface area contributed by atoms with E-state index in [9.17, 15) is 4.79 Å². The second kappa shape index (κ2) is 8.02. The fourth-order valence-electron chi connectivity index (χ4n) is 3.47. The number of anilines is 1. The molecule has 1 saturated heterocycles. The van der Waals surface area contributed by atoms with E-state index in [1.807, 2.05) is 54.9 Å². The number of carbonyl (C=O) groups is 1. The maximum atomic E-state index is 12.9. The Morgan fingerprint density at radius 3 is 2.93 bits per heavy atom. The lowest BCUT2D eigenvalue weighted by atomic mass is 9.96. The first kappa shape index (κ1) is 17.9. The van der Waals surface area contributed by atoms with Crippen LogP contribution >= 0.6 is 11.3 Å². The molecule has 1 aliphatic rings. The molecule has 0 aliphatic carbocycles. The van der Waals surface area contributed by atoms with Gasteiger partial charge in [0.05, 0.1) is 17.3 Å². The Balaban J connectivity index is 1.39. The van der Waals surface area contributed by atoms with Gasteiger partial charge in [-0.25, -0.2) is 0 Å². The maximum Gasteiger partial charge on any atom is 0.241 e. The second-order valence-corrected chi connectivity index (χ2v) is 7.74. The highest BCUT2D eigenvalue weighted by Crippen LogP contribution is 2.24. The molecule has 6 nitrogen and oxygen atoms in total. The molecule has 3 aromatic rings. The zero-order valence-electron chi connectivity index (χ0n) is 15.2. The number of piperidine rings is 1. The van der Waals surface area contributed by atoms with Gasteiger partial charge >= 0.3 is 0 Å². The average molecular weight is 382 g/mol. The van der Waals surface area contributed by atoms with Gasteiger partial charge in [0, 0.05) is 19.3 Å². The Labute approximate surface area is 162 Å². The number of amides is 1. The molecule has 0 radical (unpaired) electrons. The van der Waals surface area contributed by atoms with Gasteiger partial charge in [0.15, 0.2) is 0 Å². The van der Waals surface area contributed by atoms with Gasteiger partial charge in [-0.2, -0.15) is 4.98 Å². The highest BCUT2D eigenvalue weighted by atomic mass is 32.1. The van der Waals surface area contributed by atoms with Crippen LogP contribution in [0.1, 0.15) is 18.7 Å². The Bertz CT molecular complexity index is 879. The summed E-state index contributed by atoms with van der Waals surface area (Å²) in [5.41, 5.74) is 0.928. The van der Waals surface area contributed by atoms with E-state index in [1.165, 1.54) is 0 Å². The van der Waals surface area contributed by atoms with Crippen molar-refractivity contribution in [3.8, 4) is 10.7 Å². The summed E-state index contributed by atoms with van der Waals surface area (Å²) in [6, 6.07) is 13.7. The van der Waals surface area contributed by atoms with Crippen molar-refractivity contribution in [2.45, 2.75) is 19.4 Å². The summed E-state index contributed by atoms with van der Waals surface area (Å²) in [6.07, 6.45) is 1.90. The molecule has 27 heavy (non-hydrogen) atoms. The van der Waals surface area contributed by atoms with Gasteiger partial charge in [-0.3, -0.25) is 9.69 Å². The van der Waals surface area contributed by atoms with Gasteiger partial charge in [0.2, 0.25) is 17.6 Å². The lowest BCUT2D eigenvalue weighted by Gasteiger charge is -2.33. The van der Waals surface area contributed by atoms with Crippen molar-refractivity contribution in [2.75, 3.05) is 25.0 Å². The minimum atomic E-state index is -0.0105. The van der Waals surface area contributed by atoms with Crippen molar-refractivity contribution in [1.82, 2.24) is 15.0 Å².